The lowest BCUT2D eigenvalue weighted by molar-refractivity contribution is 0.250. The van der Waals surface area contributed by atoms with Crippen molar-refractivity contribution in [3.63, 3.8) is 0 Å². The van der Waals surface area contributed by atoms with E-state index >= 15 is 0 Å². The van der Waals surface area contributed by atoms with Gasteiger partial charge in [-0.2, -0.15) is 0 Å². The number of carbonyl (C=O) groups excluding carboxylic acids is 1. The Bertz CT molecular complexity index is 517. The summed E-state index contributed by atoms with van der Waals surface area (Å²) in [5.41, 5.74) is 0. The molecule has 0 unspecified atom stereocenters. The molecule has 0 bridgehead atoms. The zero-order valence-corrected chi connectivity index (χ0v) is 10.5. The molecule has 0 radical (unpaired) electrons. The Morgan fingerprint density at radius 1 is 1.39 bits per heavy atom. The summed E-state index contributed by atoms with van der Waals surface area (Å²) in [5, 5.41) is 5.08. The number of amides is 2. The van der Waals surface area contributed by atoms with Gasteiger partial charge in [0.2, 0.25) is 5.95 Å². The fraction of sp³-hybridized carbons (Fsp3) is 0.500. The second kappa shape index (κ2) is 5.30. The molecule has 2 heterocycles. The molecule has 7 nitrogen and oxygen atoms in total. The van der Waals surface area contributed by atoms with E-state index in [2.05, 4.69) is 20.6 Å². The van der Waals surface area contributed by atoms with E-state index in [1.807, 2.05) is 0 Å². The molecule has 1 aliphatic rings. The monoisotopic (exact) mass is 270 g/mol. The van der Waals surface area contributed by atoms with Crippen molar-refractivity contribution < 1.29 is 13.2 Å². The first-order valence-electron chi connectivity index (χ1n) is 5.57. The molecule has 2 rings (SSSR count). The number of hydrogen-bond acceptors (Lipinski definition) is 5. The quantitative estimate of drug-likeness (QED) is 0.807. The van der Waals surface area contributed by atoms with Crippen LogP contribution in [0.3, 0.4) is 0 Å². The lowest BCUT2D eigenvalue weighted by Crippen LogP contribution is -2.33. The average Bonchev–Trinajstić information content (AvgIpc) is 2.68. The number of aromatic nitrogens is 2. The lowest BCUT2D eigenvalue weighted by atomic mass is 10.1. The van der Waals surface area contributed by atoms with Crippen molar-refractivity contribution in [1.82, 2.24) is 15.3 Å². The summed E-state index contributed by atoms with van der Waals surface area (Å²) in [4.78, 5) is 19.2. The van der Waals surface area contributed by atoms with Gasteiger partial charge < -0.3 is 5.32 Å². The summed E-state index contributed by atoms with van der Waals surface area (Å²) < 4.78 is 22.5. The van der Waals surface area contributed by atoms with Crippen LogP contribution in [0.4, 0.5) is 10.7 Å². The van der Waals surface area contributed by atoms with Crippen LogP contribution >= 0.6 is 0 Å². The van der Waals surface area contributed by atoms with Crippen LogP contribution in [0.5, 0.6) is 0 Å². The number of sulfone groups is 1. The van der Waals surface area contributed by atoms with Gasteiger partial charge in [-0.15, -0.1) is 0 Å². The third kappa shape index (κ3) is 3.66. The minimum Gasteiger partial charge on any atom is -0.337 e. The van der Waals surface area contributed by atoms with Crippen molar-refractivity contribution in [2.24, 2.45) is 5.92 Å². The molecule has 0 spiro atoms. The van der Waals surface area contributed by atoms with Crippen molar-refractivity contribution in [2.75, 3.05) is 23.4 Å². The molecule has 0 saturated carbocycles. The van der Waals surface area contributed by atoms with Crippen molar-refractivity contribution in [3.8, 4) is 0 Å². The second-order valence-electron chi connectivity index (χ2n) is 4.18. The summed E-state index contributed by atoms with van der Waals surface area (Å²) >= 11 is 0. The van der Waals surface area contributed by atoms with Crippen LogP contribution in [0, 0.1) is 5.92 Å². The third-order valence-corrected chi connectivity index (χ3v) is 4.51. The Labute approximate surface area is 105 Å². The van der Waals surface area contributed by atoms with E-state index in [-0.39, 0.29) is 23.4 Å². The van der Waals surface area contributed by atoms with E-state index in [1.54, 1.807) is 6.07 Å². The van der Waals surface area contributed by atoms with Gasteiger partial charge in [-0.1, -0.05) is 0 Å². The molecule has 0 aliphatic carbocycles. The lowest BCUT2D eigenvalue weighted by Gasteiger charge is -2.09. The number of hydrogen-bond donors (Lipinski definition) is 2. The summed E-state index contributed by atoms with van der Waals surface area (Å²) in [7, 11) is -2.90. The fourth-order valence-corrected chi connectivity index (χ4v) is 3.64. The average molecular weight is 270 g/mol. The Hall–Kier alpha value is -1.70. The Kier molecular flexibility index (Phi) is 3.75. The van der Waals surface area contributed by atoms with Gasteiger partial charge in [-0.05, 0) is 18.4 Å². The first kappa shape index (κ1) is 12.7. The van der Waals surface area contributed by atoms with Gasteiger partial charge in [0, 0.05) is 18.9 Å². The van der Waals surface area contributed by atoms with Gasteiger partial charge in [0.1, 0.15) is 0 Å². The van der Waals surface area contributed by atoms with Crippen molar-refractivity contribution in [3.05, 3.63) is 18.5 Å². The molecule has 1 aliphatic heterocycles. The smallest absolute Gasteiger partial charge is 0.321 e. The van der Waals surface area contributed by atoms with Crippen molar-refractivity contribution in [2.45, 2.75) is 6.42 Å². The Morgan fingerprint density at radius 2 is 2.11 bits per heavy atom. The normalized spacial score (nSPS) is 21.4. The molecule has 18 heavy (non-hydrogen) atoms. The molecule has 8 heteroatoms. The zero-order chi connectivity index (χ0) is 13.0. The minimum atomic E-state index is -2.90. The predicted molar refractivity (Wildman–Crippen MR) is 65.8 cm³/mol. The van der Waals surface area contributed by atoms with Gasteiger partial charge in [0.25, 0.3) is 0 Å². The van der Waals surface area contributed by atoms with Crippen LogP contribution in [-0.4, -0.2) is 42.5 Å². The van der Waals surface area contributed by atoms with Crippen LogP contribution < -0.4 is 10.6 Å². The van der Waals surface area contributed by atoms with E-state index in [0.717, 1.165) is 0 Å². The van der Waals surface area contributed by atoms with Gasteiger partial charge in [-0.3, -0.25) is 5.32 Å². The highest BCUT2D eigenvalue weighted by molar-refractivity contribution is 7.91. The van der Waals surface area contributed by atoms with E-state index in [1.165, 1.54) is 12.4 Å². The molecule has 1 saturated heterocycles. The fourth-order valence-electron chi connectivity index (χ4n) is 1.78. The number of nitrogens with one attached hydrogen (secondary N) is 2. The minimum absolute atomic E-state index is 0.00237. The highest BCUT2D eigenvalue weighted by Crippen LogP contribution is 2.17. The largest absolute Gasteiger partial charge is 0.337 e. The highest BCUT2D eigenvalue weighted by atomic mass is 32.2. The molecule has 1 aromatic rings. The van der Waals surface area contributed by atoms with Crippen LogP contribution in [0.2, 0.25) is 0 Å². The maximum Gasteiger partial charge on any atom is 0.321 e. The molecule has 2 N–H and O–H groups in total. The van der Waals surface area contributed by atoms with Crippen molar-refractivity contribution >= 4 is 21.8 Å². The zero-order valence-electron chi connectivity index (χ0n) is 9.67. The van der Waals surface area contributed by atoms with Crippen LogP contribution in [-0.2, 0) is 9.84 Å². The predicted octanol–water partition coefficient (Wildman–Crippen LogP) is 0.0328. The van der Waals surface area contributed by atoms with E-state index in [4.69, 9.17) is 0 Å². The molecule has 1 atom stereocenters. The maximum atomic E-state index is 11.5. The number of rotatable bonds is 3. The summed E-state index contributed by atoms with van der Waals surface area (Å²) in [6.45, 7) is 0.345. The molecule has 98 valence electrons. The number of carbonyl (C=O) groups is 1. The number of nitrogens with zero attached hydrogens (tertiary/aromatic N) is 2. The van der Waals surface area contributed by atoms with Crippen LogP contribution in [0.1, 0.15) is 6.42 Å². The molecule has 1 fully saturated rings. The topological polar surface area (TPSA) is 101 Å². The summed E-state index contributed by atoms with van der Waals surface area (Å²) in [6.07, 6.45) is 3.64. The van der Waals surface area contributed by atoms with E-state index in [9.17, 15) is 13.2 Å². The Balaban J connectivity index is 1.76. The maximum absolute atomic E-state index is 11.5. The molecular formula is C10H14N4O3S. The Morgan fingerprint density at radius 3 is 2.72 bits per heavy atom. The SMILES string of the molecule is O=C(NC[C@H]1CCS(=O)(=O)C1)Nc1ncccn1. The molecule has 2 amide bonds. The van der Waals surface area contributed by atoms with E-state index < -0.39 is 15.9 Å². The molecule has 1 aromatic heterocycles. The van der Waals surface area contributed by atoms with Gasteiger partial charge in [0.05, 0.1) is 11.5 Å². The third-order valence-electron chi connectivity index (χ3n) is 2.67. The van der Waals surface area contributed by atoms with Crippen molar-refractivity contribution in [1.29, 1.82) is 0 Å². The molecule has 0 aromatic carbocycles. The van der Waals surface area contributed by atoms with Crippen LogP contribution in [0.15, 0.2) is 18.5 Å². The van der Waals surface area contributed by atoms with Crippen LogP contribution in [0.25, 0.3) is 0 Å². The second-order valence-corrected chi connectivity index (χ2v) is 6.41. The first-order valence-corrected chi connectivity index (χ1v) is 7.39. The standard InChI is InChI=1S/C10H14N4O3S/c15-10(14-9-11-3-1-4-12-9)13-6-8-2-5-18(16,17)7-8/h1,3-4,8H,2,5-7H2,(H2,11,12,13,14,15)/t8-/m1/s1. The first-order chi connectivity index (χ1) is 8.55. The van der Waals surface area contributed by atoms with E-state index in [0.29, 0.717) is 13.0 Å². The van der Waals surface area contributed by atoms with Gasteiger partial charge in [0.15, 0.2) is 9.84 Å². The number of anilines is 1. The van der Waals surface area contributed by atoms with Gasteiger partial charge in [-0.25, -0.2) is 23.2 Å². The summed E-state index contributed by atoms with van der Waals surface area (Å²) in [5.74, 6) is 0.573. The summed E-state index contributed by atoms with van der Waals surface area (Å²) in [6, 6.07) is 1.22. The number of urea groups is 1. The molecular weight excluding hydrogens is 256 g/mol. The highest BCUT2D eigenvalue weighted by Gasteiger charge is 2.27. The van der Waals surface area contributed by atoms with Gasteiger partial charge >= 0.3 is 6.03 Å².